The first-order chi connectivity index (χ1) is 3.48. The molecule has 0 fully saturated rings. The zero-order chi connectivity index (χ0) is 6.78. The predicted molar refractivity (Wildman–Crippen MR) is 46.0 cm³/mol. The molecule has 1 atom stereocenters. The molecule has 50 valence electrons. The average molecular weight is 244 g/mol. The molecule has 0 rings (SSSR count). The first-order valence-electron chi connectivity index (χ1n) is 2.81. The molecule has 8 heavy (non-hydrogen) atoms. The molecule has 0 saturated carbocycles. The highest BCUT2D eigenvalue weighted by Gasteiger charge is 2.21. The van der Waals surface area contributed by atoms with Crippen molar-refractivity contribution in [1.82, 2.24) is 0 Å². The van der Waals surface area contributed by atoms with Crippen molar-refractivity contribution in [2.45, 2.75) is 36.3 Å². The van der Waals surface area contributed by atoms with Crippen LogP contribution in [0, 0.1) is 0 Å². The summed E-state index contributed by atoms with van der Waals surface area (Å²) in [5, 5.41) is 0. The van der Waals surface area contributed by atoms with Crippen molar-refractivity contribution in [1.29, 1.82) is 0 Å². The second kappa shape index (κ2) is 3.21. The SMILES string of the molecule is CC[C@@H](Br)C(C)(C)Br. The van der Waals surface area contributed by atoms with Gasteiger partial charge in [0, 0.05) is 9.15 Å². The molecular weight excluding hydrogens is 232 g/mol. The average Bonchev–Trinajstić information content (AvgIpc) is 1.62. The maximum absolute atomic E-state index is 3.56. The summed E-state index contributed by atoms with van der Waals surface area (Å²) in [7, 11) is 0. The van der Waals surface area contributed by atoms with E-state index in [4.69, 9.17) is 0 Å². The van der Waals surface area contributed by atoms with Gasteiger partial charge in [0.1, 0.15) is 0 Å². The molecule has 0 N–H and O–H groups in total. The fraction of sp³-hybridized carbons (Fsp3) is 1.00. The number of hydrogen-bond donors (Lipinski definition) is 0. The Morgan fingerprint density at radius 1 is 1.50 bits per heavy atom. The smallest absolute Gasteiger partial charge is 0.0326 e. The molecule has 0 saturated heterocycles. The Morgan fingerprint density at radius 2 is 1.88 bits per heavy atom. The summed E-state index contributed by atoms with van der Waals surface area (Å²) in [5.74, 6) is 0. The van der Waals surface area contributed by atoms with E-state index in [1.807, 2.05) is 0 Å². The molecule has 0 nitrogen and oxygen atoms in total. The molecule has 0 unspecified atom stereocenters. The molecule has 0 aliphatic heterocycles. The normalized spacial score (nSPS) is 16.1. The first kappa shape index (κ1) is 8.96. The quantitative estimate of drug-likeness (QED) is 0.653. The van der Waals surface area contributed by atoms with Gasteiger partial charge in [0.05, 0.1) is 0 Å². The van der Waals surface area contributed by atoms with Crippen LogP contribution in [0.15, 0.2) is 0 Å². The van der Waals surface area contributed by atoms with Crippen LogP contribution in [0.2, 0.25) is 0 Å². The molecule has 0 radical (unpaired) electrons. The van der Waals surface area contributed by atoms with Crippen molar-refractivity contribution >= 4 is 31.9 Å². The lowest BCUT2D eigenvalue weighted by Gasteiger charge is -2.21. The van der Waals surface area contributed by atoms with E-state index in [-0.39, 0.29) is 4.32 Å². The molecule has 0 aromatic carbocycles. The lowest BCUT2D eigenvalue weighted by atomic mass is 10.1. The molecule has 0 aromatic heterocycles. The molecule has 0 aromatic rings. The highest BCUT2D eigenvalue weighted by atomic mass is 79.9. The van der Waals surface area contributed by atoms with Crippen LogP contribution in [-0.2, 0) is 0 Å². The summed E-state index contributed by atoms with van der Waals surface area (Å²) < 4.78 is 0.238. The maximum Gasteiger partial charge on any atom is 0.0326 e. The zero-order valence-electron chi connectivity index (χ0n) is 5.54. The molecule has 0 spiro atoms. The molecule has 0 amide bonds. The molecule has 0 aliphatic carbocycles. The minimum absolute atomic E-state index is 0.238. The van der Waals surface area contributed by atoms with Gasteiger partial charge in [-0.15, -0.1) is 0 Å². The van der Waals surface area contributed by atoms with Crippen LogP contribution in [0.1, 0.15) is 27.2 Å². The molecule has 2 heteroatoms. The van der Waals surface area contributed by atoms with Crippen molar-refractivity contribution in [2.75, 3.05) is 0 Å². The topological polar surface area (TPSA) is 0 Å². The third-order valence-corrected chi connectivity index (χ3v) is 4.06. The van der Waals surface area contributed by atoms with Crippen LogP contribution in [0.5, 0.6) is 0 Å². The van der Waals surface area contributed by atoms with Gasteiger partial charge in [-0.3, -0.25) is 0 Å². The van der Waals surface area contributed by atoms with Crippen LogP contribution < -0.4 is 0 Å². The summed E-state index contributed by atoms with van der Waals surface area (Å²) in [4.78, 5) is 0.579. The Morgan fingerprint density at radius 3 is 1.88 bits per heavy atom. The van der Waals surface area contributed by atoms with Crippen molar-refractivity contribution in [3.8, 4) is 0 Å². The summed E-state index contributed by atoms with van der Waals surface area (Å²) in [5.41, 5.74) is 0. The second-order valence-electron chi connectivity index (χ2n) is 2.44. The van der Waals surface area contributed by atoms with Crippen LogP contribution in [-0.4, -0.2) is 9.15 Å². The van der Waals surface area contributed by atoms with Gasteiger partial charge in [-0.2, -0.15) is 0 Å². The largest absolute Gasteiger partial charge is 0.0876 e. The van der Waals surface area contributed by atoms with E-state index >= 15 is 0 Å². The van der Waals surface area contributed by atoms with Crippen LogP contribution in [0.4, 0.5) is 0 Å². The molecule has 0 heterocycles. The lowest BCUT2D eigenvalue weighted by molar-refractivity contribution is 0.667. The predicted octanol–water partition coefficient (Wildman–Crippen LogP) is 3.33. The molecule has 0 aliphatic rings. The summed E-state index contributed by atoms with van der Waals surface area (Å²) in [6.45, 7) is 6.49. The van der Waals surface area contributed by atoms with E-state index in [9.17, 15) is 0 Å². The first-order valence-corrected chi connectivity index (χ1v) is 4.52. The number of hydrogen-bond acceptors (Lipinski definition) is 0. The van der Waals surface area contributed by atoms with Gasteiger partial charge in [0.25, 0.3) is 0 Å². The Balaban J connectivity index is 3.62. The van der Waals surface area contributed by atoms with E-state index in [0.717, 1.165) is 6.42 Å². The van der Waals surface area contributed by atoms with E-state index in [0.29, 0.717) is 4.83 Å². The molecule has 0 bridgehead atoms. The Labute approximate surface area is 68.3 Å². The van der Waals surface area contributed by atoms with Gasteiger partial charge >= 0.3 is 0 Å². The van der Waals surface area contributed by atoms with Crippen molar-refractivity contribution in [3.05, 3.63) is 0 Å². The van der Waals surface area contributed by atoms with Crippen molar-refractivity contribution in [2.24, 2.45) is 0 Å². The highest BCUT2D eigenvalue weighted by molar-refractivity contribution is 9.12. The zero-order valence-corrected chi connectivity index (χ0v) is 8.71. The van der Waals surface area contributed by atoms with Crippen molar-refractivity contribution in [3.63, 3.8) is 0 Å². The van der Waals surface area contributed by atoms with E-state index in [2.05, 4.69) is 52.6 Å². The van der Waals surface area contributed by atoms with Crippen LogP contribution in [0.3, 0.4) is 0 Å². The lowest BCUT2D eigenvalue weighted by Crippen LogP contribution is -2.22. The van der Waals surface area contributed by atoms with Gasteiger partial charge in [-0.1, -0.05) is 38.8 Å². The number of alkyl halides is 2. The highest BCUT2D eigenvalue weighted by Crippen LogP contribution is 2.28. The van der Waals surface area contributed by atoms with E-state index in [1.54, 1.807) is 0 Å². The number of halogens is 2. The van der Waals surface area contributed by atoms with Gasteiger partial charge in [-0.25, -0.2) is 0 Å². The second-order valence-corrected chi connectivity index (χ2v) is 5.59. The van der Waals surface area contributed by atoms with Gasteiger partial charge in [-0.05, 0) is 20.3 Å². The van der Waals surface area contributed by atoms with Crippen LogP contribution in [0.25, 0.3) is 0 Å². The van der Waals surface area contributed by atoms with Gasteiger partial charge in [0.15, 0.2) is 0 Å². The van der Waals surface area contributed by atoms with Crippen LogP contribution >= 0.6 is 31.9 Å². The maximum atomic E-state index is 3.56. The molecular formula is C6H12Br2. The van der Waals surface area contributed by atoms with Crippen molar-refractivity contribution < 1.29 is 0 Å². The van der Waals surface area contributed by atoms with E-state index in [1.165, 1.54) is 0 Å². The summed E-state index contributed by atoms with van der Waals surface area (Å²) >= 11 is 7.11. The Hall–Kier alpha value is 0.960. The minimum Gasteiger partial charge on any atom is -0.0876 e. The number of rotatable bonds is 2. The van der Waals surface area contributed by atoms with E-state index < -0.39 is 0 Å². The Bertz CT molecular complexity index is 63.4. The van der Waals surface area contributed by atoms with Gasteiger partial charge in [0.2, 0.25) is 0 Å². The summed E-state index contributed by atoms with van der Waals surface area (Å²) in [6.07, 6.45) is 1.16. The standard InChI is InChI=1S/C6H12Br2/c1-4-5(7)6(2,3)8/h5H,4H2,1-3H3/t5-/m1/s1. The summed E-state index contributed by atoms with van der Waals surface area (Å²) in [6, 6.07) is 0. The minimum atomic E-state index is 0.238. The monoisotopic (exact) mass is 242 g/mol. The fourth-order valence-corrected chi connectivity index (χ4v) is 0.809. The third-order valence-electron chi connectivity index (χ3n) is 1.10. The third kappa shape index (κ3) is 3.08. The fourth-order valence-electron chi connectivity index (χ4n) is 0.485. The van der Waals surface area contributed by atoms with Gasteiger partial charge < -0.3 is 0 Å². The Kier molecular flexibility index (Phi) is 3.60.